The van der Waals surface area contributed by atoms with Crippen molar-refractivity contribution in [2.24, 2.45) is 5.10 Å². The third kappa shape index (κ3) is 5.93. The van der Waals surface area contributed by atoms with Gasteiger partial charge in [0.25, 0.3) is 5.91 Å². The first kappa shape index (κ1) is 22.0. The summed E-state index contributed by atoms with van der Waals surface area (Å²) in [5, 5.41) is 3.95. The van der Waals surface area contributed by atoms with E-state index in [4.69, 9.17) is 14.2 Å². The maximum atomic E-state index is 12.3. The van der Waals surface area contributed by atoms with Crippen molar-refractivity contribution in [3.63, 3.8) is 0 Å². The number of esters is 1. The van der Waals surface area contributed by atoms with Crippen molar-refractivity contribution in [1.29, 1.82) is 0 Å². The van der Waals surface area contributed by atoms with Crippen molar-refractivity contribution in [3.8, 4) is 17.2 Å². The van der Waals surface area contributed by atoms with Gasteiger partial charge in [-0.2, -0.15) is 5.10 Å². The number of halogens is 1. The Morgan fingerprint density at radius 2 is 1.52 bits per heavy atom. The molecule has 0 aliphatic carbocycles. The Morgan fingerprint density at radius 3 is 2.16 bits per heavy atom. The Kier molecular flexibility index (Phi) is 7.40. The molecule has 0 aliphatic heterocycles. The van der Waals surface area contributed by atoms with E-state index >= 15 is 0 Å². The Labute approximate surface area is 187 Å². The lowest BCUT2D eigenvalue weighted by atomic mass is 10.2. The summed E-state index contributed by atoms with van der Waals surface area (Å²) in [6.45, 7) is 0. The van der Waals surface area contributed by atoms with Crippen molar-refractivity contribution in [1.82, 2.24) is 5.43 Å². The Bertz CT molecular complexity index is 1100. The first-order valence-electron chi connectivity index (χ1n) is 9.13. The monoisotopic (exact) mass is 482 g/mol. The molecule has 8 heteroatoms. The number of nitrogens with one attached hydrogen (secondary N) is 1. The zero-order valence-electron chi connectivity index (χ0n) is 16.8. The molecule has 0 heterocycles. The smallest absolute Gasteiger partial charge is 0.343 e. The van der Waals surface area contributed by atoms with Crippen LogP contribution in [0.15, 0.2) is 76.3 Å². The number of carbonyl (C=O) groups is 2. The van der Waals surface area contributed by atoms with Gasteiger partial charge in [-0.15, -0.1) is 0 Å². The molecular weight excluding hydrogens is 464 g/mol. The van der Waals surface area contributed by atoms with Crippen LogP contribution in [0.5, 0.6) is 17.2 Å². The molecule has 0 atom stereocenters. The number of hydrazone groups is 1. The predicted octanol–water partition coefficient (Wildman–Crippen LogP) is 4.45. The van der Waals surface area contributed by atoms with Gasteiger partial charge < -0.3 is 14.2 Å². The van der Waals surface area contributed by atoms with Gasteiger partial charge in [0.15, 0.2) is 11.5 Å². The number of hydrogen-bond acceptors (Lipinski definition) is 6. The van der Waals surface area contributed by atoms with Crippen LogP contribution in [-0.4, -0.2) is 32.3 Å². The van der Waals surface area contributed by atoms with Crippen LogP contribution in [0.25, 0.3) is 0 Å². The van der Waals surface area contributed by atoms with Gasteiger partial charge in [-0.05, 0) is 72.3 Å². The van der Waals surface area contributed by atoms with E-state index in [1.807, 2.05) is 0 Å². The lowest BCUT2D eigenvalue weighted by Crippen LogP contribution is -2.17. The van der Waals surface area contributed by atoms with Crippen LogP contribution in [-0.2, 0) is 0 Å². The number of carbonyl (C=O) groups excluding carboxylic acids is 2. The highest BCUT2D eigenvalue weighted by molar-refractivity contribution is 9.10. The number of rotatable bonds is 7. The van der Waals surface area contributed by atoms with E-state index in [0.717, 1.165) is 10.0 Å². The van der Waals surface area contributed by atoms with Crippen LogP contribution in [0.3, 0.4) is 0 Å². The van der Waals surface area contributed by atoms with Gasteiger partial charge in [-0.25, -0.2) is 10.2 Å². The van der Waals surface area contributed by atoms with Crippen LogP contribution >= 0.6 is 15.9 Å². The molecule has 3 aromatic carbocycles. The number of nitrogens with zero attached hydrogens (tertiary/aromatic N) is 1. The van der Waals surface area contributed by atoms with Gasteiger partial charge >= 0.3 is 5.97 Å². The maximum Gasteiger partial charge on any atom is 0.343 e. The molecule has 31 heavy (non-hydrogen) atoms. The lowest BCUT2D eigenvalue weighted by molar-refractivity contribution is 0.0734. The summed E-state index contributed by atoms with van der Waals surface area (Å²) in [5.41, 5.74) is 4.00. The van der Waals surface area contributed by atoms with Crippen molar-refractivity contribution in [2.45, 2.75) is 0 Å². The fourth-order valence-corrected chi connectivity index (χ4v) is 2.85. The van der Waals surface area contributed by atoms with Gasteiger partial charge in [-0.3, -0.25) is 4.79 Å². The third-order valence-electron chi connectivity index (χ3n) is 4.20. The molecule has 0 aromatic heterocycles. The molecule has 0 aliphatic rings. The summed E-state index contributed by atoms with van der Waals surface area (Å²) < 4.78 is 16.6. The van der Waals surface area contributed by atoms with E-state index < -0.39 is 11.9 Å². The minimum Gasteiger partial charge on any atom is -0.493 e. The molecule has 0 unspecified atom stereocenters. The zero-order chi connectivity index (χ0) is 22.2. The van der Waals surface area contributed by atoms with Crippen LogP contribution in [0.2, 0.25) is 0 Å². The minimum absolute atomic E-state index is 0.380. The molecule has 1 N–H and O–H groups in total. The van der Waals surface area contributed by atoms with Crippen LogP contribution in [0, 0.1) is 0 Å². The molecule has 3 aromatic rings. The summed E-state index contributed by atoms with van der Waals surface area (Å²) in [6.07, 6.45) is 1.49. The highest BCUT2D eigenvalue weighted by Gasteiger charge is 2.10. The summed E-state index contributed by atoms with van der Waals surface area (Å²) in [4.78, 5) is 24.4. The van der Waals surface area contributed by atoms with E-state index in [1.54, 1.807) is 66.7 Å². The van der Waals surface area contributed by atoms with E-state index in [2.05, 4.69) is 26.5 Å². The van der Waals surface area contributed by atoms with E-state index in [1.165, 1.54) is 20.4 Å². The van der Waals surface area contributed by atoms with E-state index in [0.29, 0.717) is 28.4 Å². The topological polar surface area (TPSA) is 86.2 Å². The molecule has 0 fully saturated rings. The van der Waals surface area contributed by atoms with E-state index in [-0.39, 0.29) is 0 Å². The van der Waals surface area contributed by atoms with Gasteiger partial charge in [0.05, 0.1) is 26.0 Å². The molecule has 0 radical (unpaired) electrons. The molecular formula is C23H19BrN2O5. The molecule has 7 nitrogen and oxygen atoms in total. The van der Waals surface area contributed by atoms with E-state index in [9.17, 15) is 9.59 Å². The van der Waals surface area contributed by atoms with Gasteiger partial charge in [0.1, 0.15) is 5.75 Å². The lowest BCUT2D eigenvalue weighted by Gasteiger charge is -2.08. The fraction of sp³-hybridized carbons (Fsp3) is 0.0870. The first-order valence-corrected chi connectivity index (χ1v) is 9.92. The summed E-state index contributed by atoms with van der Waals surface area (Å²) in [7, 11) is 3.02. The third-order valence-corrected chi connectivity index (χ3v) is 4.72. The quantitative estimate of drug-likeness (QED) is 0.232. The highest BCUT2D eigenvalue weighted by Crippen LogP contribution is 2.27. The molecule has 158 valence electrons. The summed E-state index contributed by atoms with van der Waals surface area (Å²) in [6, 6.07) is 18.4. The SMILES string of the molecule is COc1ccc(C(=O)N/N=C/c2ccc(OC(=O)c3ccc(Br)cc3)cc2)cc1OC. The minimum atomic E-state index is -0.448. The van der Waals surface area contributed by atoms with Crippen LogP contribution < -0.4 is 19.6 Å². The maximum absolute atomic E-state index is 12.3. The van der Waals surface area contributed by atoms with Gasteiger partial charge in [-0.1, -0.05) is 15.9 Å². The molecule has 3 rings (SSSR count). The second kappa shape index (κ2) is 10.4. The van der Waals surface area contributed by atoms with Crippen LogP contribution in [0.4, 0.5) is 0 Å². The molecule has 0 saturated heterocycles. The fourth-order valence-electron chi connectivity index (χ4n) is 2.58. The molecule has 0 saturated carbocycles. The normalized spacial score (nSPS) is 10.5. The molecule has 1 amide bonds. The number of ether oxygens (including phenoxy) is 3. The molecule has 0 spiro atoms. The van der Waals surface area contributed by atoms with Crippen molar-refractivity contribution < 1.29 is 23.8 Å². The predicted molar refractivity (Wildman–Crippen MR) is 120 cm³/mol. The Hall–Kier alpha value is -3.65. The van der Waals surface area contributed by atoms with Crippen LogP contribution in [0.1, 0.15) is 26.3 Å². The largest absolute Gasteiger partial charge is 0.493 e. The number of amides is 1. The van der Waals surface area contributed by atoms with Crippen molar-refractivity contribution in [2.75, 3.05) is 14.2 Å². The van der Waals surface area contributed by atoms with Gasteiger partial charge in [0.2, 0.25) is 0 Å². The number of methoxy groups -OCH3 is 2. The first-order chi connectivity index (χ1) is 15.0. The second-order valence-electron chi connectivity index (χ2n) is 6.23. The standard InChI is InChI=1S/C23H19BrN2O5/c1-29-20-12-7-17(13-21(20)30-2)22(27)26-25-14-15-3-10-19(11-4-15)31-23(28)16-5-8-18(24)9-6-16/h3-14H,1-2H3,(H,26,27)/b25-14+. The number of benzene rings is 3. The second-order valence-corrected chi connectivity index (χ2v) is 7.15. The van der Waals surface area contributed by atoms with Crippen molar-refractivity contribution >= 4 is 34.0 Å². The van der Waals surface area contributed by atoms with Gasteiger partial charge in [0, 0.05) is 10.0 Å². The Morgan fingerprint density at radius 1 is 0.871 bits per heavy atom. The Balaban J connectivity index is 1.57. The number of hydrogen-bond donors (Lipinski definition) is 1. The molecule has 0 bridgehead atoms. The van der Waals surface area contributed by atoms with Crippen molar-refractivity contribution in [3.05, 3.63) is 87.9 Å². The summed E-state index contributed by atoms with van der Waals surface area (Å²) in [5.74, 6) is 0.545. The summed E-state index contributed by atoms with van der Waals surface area (Å²) >= 11 is 3.32. The highest BCUT2D eigenvalue weighted by atomic mass is 79.9. The average molecular weight is 483 g/mol. The average Bonchev–Trinajstić information content (AvgIpc) is 2.80. The zero-order valence-corrected chi connectivity index (χ0v) is 18.4.